The van der Waals surface area contributed by atoms with Crippen molar-refractivity contribution in [2.24, 2.45) is 0 Å². The van der Waals surface area contributed by atoms with Gasteiger partial charge < -0.3 is 4.42 Å². The van der Waals surface area contributed by atoms with E-state index in [9.17, 15) is 22.0 Å². The minimum atomic E-state index is -5.67. The van der Waals surface area contributed by atoms with Crippen molar-refractivity contribution in [3.8, 4) is 0 Å². The molecule has 0 N–H and O–H groups in total. The molecule has 0 aromatic carbocycles. The highest BCUT2D eigenvalue weighted by atomic mass is 19.4. The van der Waals surface area contributed by atoms with Gasteiger partial charge in [0.25, 0.3) is 5.89 Å². The van der Waals surface area contributed by atoms with E-state index in [-0.39, 0.29) is 0 Å². The molecule has 0 radical (unpaired) electrons. The van der Waals surface area contributed by atoms with Crippen LogP contribution in [0.15, 0.2) is 16.9 Å². The zero-order valence-electron chi connectivity index (χ0n) is 5.40. The van der Waals surface area contributed by atoms with Gasteiger partial charge in [-0.15, -0.1) is 0 Å². The minimum absolute atomic E-state index is 0.648. The molecule has 2 nitrogen and oxygen atoms in total. The van der Waals surface area contributed by atoms with E-state index in [1.54, 1.807) is 0 Å². The highest BCUT2D eigenvalue weighted by molar-refractivity contribution is 4.95. The maximum absolute atomic E-state index is 12.2. The summed E-state index contributed by atoms with van der Waals surface area (Å²) in [5.74, 6) is -6.66. The van der Waals surface area contributed by atoms with Gasteiger partial charge in [-0.25, -0.2) is 4.98 Å². The molecule has 0 saturated carbocycles. The van der Waals surface area contributed by atoms with E-state index in [2.05, 4.69) is 9.40 Å². The van der Waals surface area contributed by atoms with Crippen LogP contribution in [0.5, 0.6) is 0 Å². The van der Waals surface area contributed by atoms with E-state index >= 15 is 0 Å². The summed E-state index contributed by atoms with van der Waals surface area (Å²) in [6.07, 6.45) is -4.30. The van der Waals surface area contributed by atoms with Crippen LogP contribution in [-0.4, -0.2) is 11.2 Å². The number of nitrogens with zero attached hydrogens (tertiary/aromatic N) is 1. The lowest BCUT2D eigenvalue weighted by molar-refractivity contribution is -0.297. The molecule has 12 heavy (non-hydrogen) atoms. The third kappa shape index (κ3) is 1.26. The summed E-state index contributed by atoms with van der Waals surface area (Å²) in [7, 11) is 0. The van der Waals surface area contributed by atoms with Crippen LogP contribution in [0.3, 0.4) is 0 Å². The van der Waals surface area contributed by atoms with Crippen LogP contribution in [0.2, 0.25) is 0 Å². The van der Waals surface area contributed by atoms with E-state index in [4.69, 9.17) is 0 Å². The normalized spacial score (nSPS) is 13.4. The number of rotatable bonds is 1. The summed E-state index contributed by atoms with van der Waals surface area (Å²) in [4.78, 5) is 2.72. The van der Waals surface area contributed by atoms with Crippen LogP contribution >= 0.6 is 0 Å². The number of halogens is 5. The molecule has 1 rings (SSSR count). The molecule has 0 bridgehead atoms. The predicted molar refractivity (Wildman–Crippen MR) is 26.5 cm³/mol. The molecule has 0 atom stereocenters. The summed E-state index contributed by atoms with van der Waals surface area (Å²) in [6, 6.07) is 0. The second kappa shape index (κ2) is 2.43. The summed E-state index contributed by atoms with van der Waals surface area (Å²) in [5.41, 5.74) is 0. The van der Waals surface area contributed by atoms with Crippen molar-refractivity contribution in [1.82, 2.24) is 4.98 Å². The number of hydrogen-bond donors (Lipinski definition) is 0. The van der Waals surface area contributed by atoms with E-state index < -0.39 is 18.0 Å². The van der Waals surface area contributed by atoms with Gasteiger partial charge in [0.2, 0.25) is 0 Å². The smallest absolute Gasteiger partial charge is 0.443 e. The van der Waals surface area contributed by atoms with Crippen molar-refractivity contribution >= 4 is 0 Å². The summed E-state index contributed by atoms with van der Waals surface area (Å²) >= 11 is 0. The molecule has 1 heterocycles. The van der Waals surface area contributed by atoms with Gasteiger partial charge >= 0.3 is 12.1 Å². The van der Waals surface area contributed by atoms with E-state index in [0.717, 1.165) is 6.20 Å². The van der Waals surface area contributed by atoms with Gasteiger partial charge in [-0.3, -0.25) is 0 Å². The molecule has 0 aliphatic heterocycles. The molecule has 0 saturated heterocycles. The van der Waals surface area contributed by atoms with Crippen LogP contribution in [0.4, 0.5) is 22.0 Å². The van der Waals surface area contributed by atoms with Gasteiger partial charge in [-0.05, 0) is 0 Å². The van der Waals surface area contributed by atoms with Crippen LogP contribution < -0.4 is 0 Å². The third-order valence-corrected chi connectivity index (χ3v) is 1.06. The summed E-state index contributed by atoms with van der Waals surface area (Å²) in [6.45, 7) is 0. The number of oxazole rings is 1. The Morgan fingerprint density at radius 2 is 1.75 bits per heavy atom. The van der Waals surface area contributed by atoms with Crippen molar-refractivity contribution in [2.75, 3.05) is 0 Å². The maximum atomic E-state index is 12.2. The van der Waals surface area contributed by atoms with Gasteiger partial charge in [0.05, 0.1) is 6.20 Å². The van der Waals surface area contributed by atoms with Crippen molar-refractivity contribution in [1.29, 1.82) is 0 Å². The number of alkyl halides is 5. The highest BCUT2D eigenvalue weighted by Gasteiger charge is 2.62. The van der Waals surface area contributed by atoms with E-state index in [1.807, 2.05) is 0 Å². The standard InChI is InChI=1S/C5H2F5NO/c6-4(7,5(8,9)10)3-11-1-2-12-3/h1-2H. The zero-order chi connectivity index (χ0) is 9.41. The molecule has 68 valence electrons. The first-order valence-electron chi connectivity index (χ1n) is 2.70. The number of hydrogen-bond acceptors (Lipinski definition) is 2. The quantitative estimate of drug-likeness (QED) is 0.630. The number of aromatic nitrogens is 1. The minimum Gasteiger partial charge on any atom is -0.443 e. The lowest BCUT2D eigenvalue weighted by atomic mass is 10.3. The molecular weight excluding hydrogens is 185 g/mol. The van der Waals surface area contributed by atoms with Gasteiger partial charge in [-0.2, -0.15) is 22.0 Å². The Labute approximate surface area is 63.0 Å². The fourth-order valence-corrected chi connectivity index (χ4v) is 0.500. The van der Waals surface area contributed by atoms with E-state index in [0.29, 0.717) is 6.26 Å². The van der Waals surface area contributed by atoms with Gasteiger partial charge in [0.1, 0.15) is 6.26 Å². The Balaban J connectivity index is 3.02. The van der Waals surface area contributed by atoms with Crippen molar-refractivity contribution < 1.29 is 26.4 Å². The molecule has 0 aliphatic carbocycles. The molecule has 0 amide bonds. The molecule has 0 fully saturated rings. The van der Waals surface area contributed by atoms with Crippen LogP contribution in [0.25, 0.3) is 0 Å². The molecule has 1 aromatic heterocycles. The Hall–Kier alpha value is -1.14. The average molecular weight is 187 g/mol. The zero-order valence-corrected chi connectivity index (χ0v) is 5.40. The van der Waals surface area contributed by atoms with Crippen molar-refractivity contribution in [3.63, 3.8) is 0 Å². The first-order valence-corrected chi connectivity index (χ1v) is 2.70. The average Bonchev–Trinajstić information content (AvgIpc) is 2.34. The third-order valence-electron chi connectivity index (χ3n) is 1.06. The molecule has 7 heteroatoms. The Morgan fingerprint density at radius 1 is 1.17 bits per heavy atom. The Bertz CT molecular complexity index is 251. The second-order valence-electron chi connectivity index (χ2n) is 1.91. The van der Waals surface area contributed by atoms with Crippen LogP contribution in [0, 0.1) is 0 Å². The van der Waals surface area contributed by atoms with Crippen molar-refractivity contribution in [3.05, 3.63) is 18.4 Å². The first-order chi connectivity index (χ1) is 5.36. The molecule has 0 unspecified atom stereocenters. The topological polar surface area (TPSA) is 26.0 Å². The van der Waals surface area contributed by atoms with Gasteiger partial charge in [-0.1, -0.05) is 0 Å². The SMILES string of the molecule is FC(F)(F)C(F)(F)c1ncco1. The van der Waals surface area contributed by atoms with Crippen molar-refractivity contribution in [2.45, 2.75) is 12.1 Å². The lowest BCUT2D eigenvalue weighted by Crippen LogP contribution is -2.33. The summed E-state index contributed by atoms with van der Waals surface area (Å²) < 4.78 is 62.9. The van der Waals surface area contributed by atoms with Gasteiger partial charge in [0.15, 0.2) is 0 Å². The predicted octanol–water partition coefficient (Wildman–Crippen LogP) is 2.33. The monoisotopic (exact) mass is 187 g/mol. The van der Waals surface area contributed by atoms with Crippen LogP contribution in [0.1, 0.15) is 5.89 Å². The fourth-order valence-electron chi connectivity index (χ4n) is 0.500. The Kier molecular flexibility index (Phi) is 1.81. The second-order valence-corrected chi connectivity index (χ2v) is 1.91. The summed E-state index contributed by atoms with van der Waals surface area (Å²) in [5, 5.41) is 0. The Morgan fingerprint density at radius 3 is 2.08 bits per heavy atom. The first kappa shape index (κ1) is 8.95. The van der Waals surface area contributed by atoms with Gasteiger partial charge in [0, 0.05) is 0 Å². The molecule has 1 aromatic rings. The lowest BCUT2D eigenvalue weighted by Gasteiger charge is -2.15. The highest BCUT2D eigenvalue weighted by Crippen LogP contribution is 2.42. The maximum Gasteiger partial charge on any atom is 0.463 e. The molecular formula is C5H2F5NO. The molecule has 0 spiro atoms. The largest absolute Gasteiger partial charge is 0.463 e. The van der Waals surface area contributed by atoms with E-state index in [1.165, 1.54) is 0 Å². The molecule has 0 aliphatic rings. The fraction of sp³-hybridized carbons (Fsp3) is 0.400. The van der Waals surface area contributed by atoms with Crippen LogP contribution in [-0.2, 0) is 5.92 Å².